The number of hydrogen-bond acceptors (Lipinski definition) is 6. The van der Waals surface area contributed by atoms with E-state index < -0.39 is 23.8 Å². The molecule has 0 aromatic heterocycles. The predicted molar refractivity (Wildman–Crippen MR) is 94.9 cm³/mol. The van der Waals surface area contributed by atoms with Crippen LogP contribution < -0.4 is 19.9 Å². The van der Waals surface area contributed by atoms with E-state index in [-0.39, 0.29) is 16.7 Å². The number of nitrogens with two attached hydrogens (primary N) is 1. The molecule has 0 spiro atoms. The zero-order valence-corrected chi connectivity index (χ0v) is 15.3. The fourth-order valence-corrected chi connectivity index (χ4v) is 3.98. The van der Waals surface area contributed by atoms with Crippen molar-refractivity contribution >= 4 is 23.7 Å². The topological polar surface area (TPSA) is 92.3 Å². The molecule has 1 aliphatic heterocycles. The van der Waals surface area contributed by atoms with Crippen LogP contribution in [0.3, 0.4) is 0 Å². The molecule has 0 unspecified atom stereocenters. The summed E-state index contributed by atoms with van der Waals surface area (Å²) in [6, 6.07) is 9.58. The van der Waals surface area contributed by atoms with E-state index in [4.69, 9.17) is 9.47 Å². The average molecular weight is 391 g/mol. The van der Waals surface area contributed by atoms with Crippen molar-refractivity contribution in [2.24, 2.45) is 0 Å². The van der Waals surface area contributed by atoms with E-state index in [0.29, 0.717) is 18.1 Å². The highest BCUT2D eigenvalue weighted by Crippen LogP contribution is 2.34. The average Bonchev–Trinajstić information content (AvgIpc) is 3.14. The first-order valence-electron chi connectivity index (χ1n) is 8.40. The molecule has 2 N–H and O–H groups in total. The Kier molecular flexibility index (Phi) is 5.98. The number of carbonyl (C=O) groups is 2. The predicted octanol–water partition coefficient (Wildman–Crippen LogP) is 0.871. The number of ether oxygens (including phenoxy) is 2. The Bertz CT molecular complexity index is 842. The van der Waals surface area contributed by atoms with Crippen LogP contribution in [0.15, 0.2) is 42.5 Å². The molecule has 6 nitrogen and oxygen atoms in total. The first-order valence-corrected chi connectivity index (χ1v) is 9.44. The molecular weight excluding hydrogens is 373 g/mol. The van der Waals surface area contributed by atoms with Crippen LogP contribution in [0, 0.1) is 5.82 Å². The highest BCUT2D eigenvalue weighted by atomic mass is 32.2. The number of quaternary nitrogens is 1. The minimum absolute atomic E-state index is 0.103. The number of thioether (sulfide) groups is 1. The van der Waals surface area contributed by atoms with Crippen molar-refractivity contribution < 1.29 is 33.9 Å². The standard InChI is InChI=1S/C19H18FNO5S/c1-2-25-16-9-12(17-21-14(10-27-17)18(22)23)5-8-15(16)26-19(24)11-3-6-13(20)7-4-11/h3-9,14,17,21H,2,10H2,1H3,(H,22,23)/t14-,17-/m0/s1. The van der Waals surface area contributed by atoms with E-state index in [1.807, 2.05) is 0 Å². The van der Waals surface area contributed by atoms with Gasteiger partial charge in [0.15, 0.2) is 16.9 Å². The number of carbonyl (C=O) groups excluding carboxylic acids is 2. The van der Waals surface area contributed by atoms with Gasteiger partial charge in [-0.15, -0.1) is 0 Å². The maximum atomic E-state index is 13.0. The number of rotatable bonds is 6. The van der Waals surface area contributed by atoms with Gasteiger partial charge in [-0.25, -0.2) is 9.18 Å². The van der Waals surface area contributed by atoms with Gasteiger partial charge in [0.1, 0.15) is 17.8 Å². The molecule has 0 aliphatic carbocycles. The van der Waals surface area contributed by atoms with Gasteiger partial charge in [-0.05, 0) is 49.4 Å². The number of benzene rings is 2. The molecule has 0 radical (unpaired) electrons. The summed E-state index contributed by atoms with van der Waals surface area (Å²) in [6.07, 6.45) is 0. The molecule has 3 rings (SSSR count). The van der Waals surface area contributed by atoms with Crippen molar-refractivity contribution in [3.63, 3.8) is 0 Å². The van der Waals surface area contributed by atoms with E-state index >= 15 is 0 Å². The highest BCUT2D eigenvalue weighted by Gasteiger charge is 2.31. The highest BCUT2D eigenvalue weighted by molar-refractivity contribution is 7.99. The molecule has 1 fully saturated rings. The number of esters is 1. The van der Waals surface area contributed by atoms with Gasteiger partial charge >= 0.3 is 5.97 Å². The molecule has 2 aromatic carbocycles. The molecule has 27 heavy (non-hydrogen) atoms. The van der Waals surface area contributed by atoms with Crippen LogP contribution in [0.25, 0.3) is 0 Å². The molecule has 2 atom stereocenters. The molecule has 0 bridgehead atoms. The van der Waals surface area contributed by atoms with Crippen LogP contribution in [-0.4, -0.2) is 30.3 Å². The summed E-state index contributed by atoms with van der Waals surface area (Å²) in [7, 11) is 0. The summed E-state index contributed by atoms with van der Waals surface area (Å²) < 4.78 is 24.0. The molecular formula is C19H18FNO5S. The van der Waals surface area contributed by atoms with Crippen LogP contribution in [0.2, 0.25) is 0 Å². The molecule has 1 heterocycles. The van der Waals surface area contributed by atoms with E-state index in [1.165, 1.54) is 36.0 Å². The normalized spacial score (nSPS) is 18.9. The quantitative estimate of drug-likeness (QED) is 0.580. The summed E-state index contributed by atoms with van der Waals surface area (Å²) >= 11 is 1.50. The van der Waals surface area contributed by atoms with Gasteiger partial charge in [-0.3, -0.25) is 0 Å². The van der Waals surface area contributed by atoms with Gasteiger partial charge < -0.3 is 24.7 Å². The molecule has 8 heteroatoms. The molecule has 2 aromatic rings. The monoisotopic (exact) mass is 391 g/mol. The first-order chi connectivity index (χ1) is 13.0. The Morgan fingerprint density at radius 2 is 1.96 bits per heavy atom. The van der Waals surface area contributed by atoms with E-state index in [9.17, 15) is 19.1 Å². The second kappa shape index (κ2) is 8.41. The third-order valence-electron chi connectivity index (χ3n) is 4.04. The maximum absolute atomic E-state index is 13.0. The number of aliphatic carboxylic acids is 1. The third-order valence-corrected chi connectivity index (χ3v) is 5.38. The van der Waals surface area contributed by atoms with Gasteiger partial charge in [0.2, 0.25) is 0 Å². The van der Waals surface area contributed by atoms with Gasteiger partial charge in [0.25, 0.3) is 0 Å². The lowest BCUT2D eigenvalue weighted by Gasteiger charge is -2.15. The maximum Gasteiger partial charge on any atom is 0.343 e. The minimum atomic E-state index is -1.08. The largest absolute Gasteiger partial charge is 0.544 e. The zero-order chi connectivity index (χ0) is 19.4. The van der Waals surface area contributed by atoms with Gasteiger partial charge in [0.05, 0.1) is 17.9 Å². The second-order valence-corrected chi connectivity index (χ2v) is 7.08. The van der Waals surface area contributed by atoms with Crippen LogP contribution in [0.4, 0.5) is 4.39 Å². The molecule has 1 aliphatic rings. The van der Waals surface area contributed by atoms with Crippen LogP contribution in [0.1, 0.15) is 28.2 Å². The van der Waals surface area contributed by atoms with E-state index in [1.54, 1.807) is 30.4 Å². The second-order valence-electron chi connectivity index (χ2n) is 5.91. The van der Waals surface area contributed by atoms with Crippen molar-refractivity contribution in [3.8, 4) is 11.5 Å². The molecule has 142 valence electrons. The Balaban J connectivity index is 1.78. The summed E-state index contributed by atoms with van der Waals surface area (Å²) in [6.45, 7) is 2.18. The summed E-state index contributed by atoms with van der Waals surface area (Å²) in [5.74, 6) is -1.06. The van der Waals surface area contributed by atoms with Crippen molar-refractivity contribution in [1.29, 1.82) is 0 Å². The van der Waals surface area contributed by atoms with Crippen molar-refractivity contribution in [3.05, 3.63) is 59.4 Å². The van der Waals surface area contributed by atoms with Crippen LogP contribution in [-0.2, 0) is 4.79 Å². The molecule has 1 saturated heterocycles. The fraction of sp³-hybridized carbons (Fsp3) is 0.263. The molecule has 0 amide bonds. The lowest BCUT2D eigenvalue weighted by atomic mass is 10.1. The lowest BCUT2D eigenvalue weighted by Crippen LogP contribution is -2.90. The Morgan fingerprint density at radius 1 is 1.22 bits per heavy atom. The fourth-order valence-electron chi connectivity index (χ4n) is 2.68. The van der Waals surface area contributed by atoms with Crippen molar-refractivity contribution in [2.75, 3.05) is 12.4 Å². The third kappa shape index (κ3) is 4.58. The number of halogens is 1. The van der Waals surface area contributed by atoms with E-state index in [0.717, 1.165) is 5.56 Å². The first kappa shape index (κ1) is 19.2. The Labute approximate surface area is 159 Å². The summed E-state index contributed by atoms with van der Waals surface area (Å²) in [4.78, 5) is 23.3. The SMILES string of the molecule is CCOc1cc([C@H]2[NH2+][C@H](C(=O)[O-])CS2)ccc1OC(=O)c1ccc(F)cc1. The Hall–Kier alpha value is -2.58. The molecule has 0 saturated carbocycles. The van der Waals surface area contributed by atoms with Gasteiger partial charge in [-0.1, -0.05) is 11.8 Å². The van der Waals surface area contributed by atoms with Crippen molar-refractivity contribution in [2.45, 2.75) is 18.3 Å². The van der Waals surface area contributed by atoms with E-state index in [2.05, 4.69) is 0 Å². The number of hydrogen-bond donors (Lipinski definition) is 1. The van der Waals surface area contributed by atoms with Crippen molar-refractivity contribution in [1.82, 2.24) is 0 Å². The van der Waals surface area contributed by atoms with Gasteiger partial charge in [0, 0.05) is 5.56 Å². The zero-order valence-electron chi connectivity index (χ0n) is 14.5. The summed E-state index contributed by atoms with van der Waals surface area (Å²) in [5, 5.41) is 12.6. The smallest absolute Gasteiger partial charge is 0.343 e. The number of carboxylic acid groups (broad SMARTS) is 1. The van der Waals surface area contributed by atoms with Gasteiger partial charge in [-0.2, -0.15) is 0 Å². The Morgan fingerprint density at radius 3 is 2.59 bits per heavy atom. The summed E-state index contributed by atoms with van der Waals surface area (Å²) in [5.41, 5.74) is 1.08. The van der Waals surface area contributed by atoms with Crippen LogP contribution in [0.5, 0.6) is 11.5 Å². The van der Waals surface area contributed by atoms with Crippen LogP contribution >= 0.6 is 11.8 Å². The lowest BCUT2D eigenvalue weighted by molar-refractivity contribution is -0.690. The number of carboxylic acids is 1. The minimum Gasteiger partial charge on any atom is -0.544 e.